The van der Waals surface area contributed by atoms with Crippen LogP contribution in [-0.4, -0.2) is 24.0 Å². The number of rotatable bonds is 2. The monoisotopic (exact) mass is 238 g/mol. The molecule has 1 saturated heterocycles. The van der Waals surface area contributed by atoms with Crippen LogP contribution in [0, 0.1) is 5.41 Å². The minimum atomic E-state index is -0.313. The van der Waals surface area contributed by atoms with Gasteiger partial charge < -0.3 is 10.6 Å². The smallest absolute Gasteiger partial charge is 0.240 e. The number of carbonyl (C=O) groups excluding carboxylic acids is 1. The quantitative estimate of drug-likeness (QED) is 0.774. The Hall–Kier alpha value is -0.570. The maximum atomic E-state index is 12.2. The molecule has 1 aliphatic carbocycles. The van der Waals surface area contributed by atoms with Gasteiger partial charge in [-0.3, -0.25) is 4.79 Å². The minimum absolute atomic E-state index is 0.208. The Morgan fingerprint density at radius 3 is 2.35 bits per heavy atom. The van der Waals surface area contributed by atoms with E-state index in [0.29, 0.717) is 11.5 Å². The normalized spacial score (nSPS) is 33.6. The molecule has 17 heavy (non-hydrogen) atoms. The van der Waals surface area contributed by atoms with Gasteiger partial charge in [0.1, 0.15) is 0 Å². The van der Waals surface area contributed by atoms with Crippen LogP contribution in [0.25, 0.3) is 0 Å². The Kier molecular flexibility index (Phi) is 3.48. The molecule has 1 aliphatic heterocycles. The first-order valence-electron chi connectivity index (χ1n) is 6.97. The summed E-state index contributed by atoms with van der Waals surface area (Å²) in [6, 6.07) is 0.398. The van der Waals surface area contributed by atoms with E-state index in [1.165, 1.54) is 12.8 Å². The molecule has 0 bridgehead atoms. The molecular weight excluding hydrogens is 212 g/mol. The lowest BCUT2D eigenvalue weighted by atomic mass is 9.75. The Bertz CT molecular complexity index is 283. The predicted molar refractivity (Wildman–Crippen MR) is 69.8 cm³/mol. The molecule has 1 atom stereocenters. The zero-order valence-electron chi connectivity index (χ0n) is 11.4. The fourth-order valence-corrected chi connectivity index (χ4v) is 2.98. The van der Waals surface area contributed by atoms with E-state index >= 15 is 0 Å². The number of carbonyl (C=O) groups is 1. The second kappa shape index (κ2) is 4.60. The van der Waals surface area contributed by atoms with Crippen molar-refractivity contribution in [1.82, 2.24) is 10.6 Å². The van der Waals surface area contributed by atoms with Crippen molar-refractivity contribution in [2.75, 3.05) is 6.54 Å². The molecule has 1 heterocycles. The van der Waals surface area contributed by atoms with E-state index in [1.54, 1.807) is 0 Å². The summed E-state index contributed by atoms with van der Waals surface area (Å²) in [5.74, 6) is 0.208. The van der Waals surface area contributed by atoms with E-state index in [-0.39, 0.29) is 11.4 Å². The summed E-state index contributed by atoms with van der Waals surface area (Å²) in [5, 5.41) is 6.56. The third kappa shape index (κ3) is 3.01. The zero-order valence-corrected chi connectivity index (χ0v) is 11.4. The van der Waals surface area contributed by atoms with Gasteiger partial charge in [-0.25, -0.2) is 0 Å². The number of hydrogen-bond acceptors (Lipinski definition) is 2. The number of hydrogen-bond donors (Lipinski definition) is 2. The highest BCUT2D eigenvalue weighted by atomic mass is 16.2. The minimum Gasteiger partial charge on any atom is -0.352 e. The molecule has 3 nitrogen and oxygen atoms in total. The van der Waals surface area contributed by atoms with Gasteiger partial charge in [0.2, 0.25) is 5.91 Å². The van der Waals surface area contributed by atoms with Gasteiger partial charge in [-0.15, -0.1) is 0 Å². The highest BCUT2D eigenvalue weighted by Gasteiger charge is 2.37. The first-order valence-corrected chi connectivity index (χ1v) is 6.97. The SMILES string of the molecule is CC1(C)CCC(NC(=O)C2(C)CCCN2)CC1. The molecule has 2 fully saturated rings. The molecule has 2 rings (SSSR count). The summed E-state index contributed by atoms with van der Waals surface area (Å²) in [5.41, 5.74) is 0.156. The summed E-state index contributed by atoms with van der Waals surface area (Å²) in [6.07, 6.45) is 6.80. The van der Waals surface area contributed by atoms with Gasteiger partial charge in [0.05, 0.1) is 5.54 Å². The zero-order chi connectivity index (χ0) is 12.5. The topological polar surface area (TPSA) is 41.1 Å². The summed E-state index contributed by atoms with van der Waals surface area (Å²) >= 11 is 0. The molecule has 0 radical (unpaired) electrons. The van der Waals surface area contributed by atoms with Crippen LogP contribution in [0.15, 0.2) is 0 Å². The predicted octanol–water partition coefficient (Wildman–Crippen LogP) is 2.21. The van der Waals surface area contributed by atoms with Crippen molar-refractivity contribution in [3.8, 4) is 0 Å². The maximum Gasteiger partial charge on any atom is 0.240 e. The van der Waals surface area contributed by atoms with Crippen molar-refractivity contribution in [2.24, 2.45) is 5.41 Å². The molecule has 1 unspecified atom stereocenters. The van der Waals surface area contributed by atoms with Crippen LogP contribution in [0.4, 0.5) is 0 Å². The second-order valence-corrected chi connectivity index (χ2v) is 6.77. The summed E-state index contributed by atoms with van der Waals surface area (Å²) < 4.78 is 0. The molecule has 0 aromatic carbocycles. The highest BCUT2D eigenvalue weighted by Crippen LogP contribution is 2.35. The van der Waals surface area contributed by atoms with Gasteiger partial charge >= 0.3 is 0 Å². The van der Waals surface area contributed by atoms with Crippen LogP contribution in [0.5, 0.6) is 0 Å². The van der Waals surface area contributed by atoms with Crippen LogP contribution >= 0.6 is 0 Å². The molecular formula is C14H26N2O. The van der Waals surface area contributed by atoms with Crippen molar-refractivity contribution >= 4 is 5.91 Å². The van der Waals surface area contributed by atoms with Gasteiger partial charge in [0.15, 0.2) is 0 Å². The number of nitrogens with one attached hydrogen (secondary N) is 2. The van der Waals surface area contributed by atoms with Crippen molar-refractivity contribution in [3.63, 3.8) is 0 Å². The van der Waals surface area contributed by atoms with Gasteiger partial charge in [0.25, 0.3) is 0 Å². The molecule has 2 N–H and O–H groups in total. The lowest BCUT2D eigenvalue weighted by Gasteiger charge is -2.36. The van der Waals surface area contributed by atoms with Crippen molar-refractivity contribution in [3.05, 3.63) is 0 Å². The van der Waals surface area contributed by atoms with Crippen LogP contribution < -0.4 is 10.6 Å². The van der Waals surface area contributed by atoms with Crippen LogP contribution in [-0.2, 0) is 4.79 Å². The Morgan fingerprint density at radius 2 is 1.82 bits per heavy atom. The molecule has 98 valence electrons. The third-order valence-corrected chi connectivity index (χ3v) is 4.54. The fourth-order valence-electron chi connectivity index (χ4n) is 2.98. The molecule has 2 aliphatic rings. The van der Waals surface area contributed by atoms with E-state index in [2.05, 4.69) is 24.5 Å². The maximum absolute atomic E-state index is 12.2. The lowest BCUT2D eigenvalue weighted by molar-refractivity contribution is -0.127. The molecule has 0 spiro atoms. The number of amides is 1. The third-order valence-electron chi connectivity index (χ3n) is 4.54. The van der Waals surface area contributed by atoms with Crippen molar-refractivity contribution in [1.29, 1.82) is 0 Å². The van der Waals surface area contributed by atoms with Gasteiger partial charge in [-0.1, -0.05) is 13.8 Å². The van der Waals surface area contributed by atoms with Crippen LogP contribution in [0.1, 0.15) is 59.3 Å². The first kappa shape index (κ1) is 12.9. The fraction of sp³-hybridized carbons (Fsp3) is 0.929. The van der Waals surface area contributed by atoms with E-state index < -0.39 is 0 Å². The Balaban J connectivity index is 1.84. The van der Waals surface area contributed by atoms with E-state index in [1.807, 2.05) is 6.92 Å². The average molecular weight is 238 g/mol. The van der Waals surface area contributed by atoms with Gasteiger partial charge in [0, 0.05) is 6.04 Å². The van der Waals surface area contributed by atoms with E-state index in [0.717, 1.165) is 32.2 Å². The highest BCUT2D eigenvalue weighted by molar-refractivity contribution is 5.86. The van der Waals surface area contributed by atoms with Crippen LogP contribution in [0.2, 0.25) is 0 Å². The summed E-state index contributed by atoms with van der Waals surface area (Å²) in [6.45, 7) is 7.65. The summed E-state index contributed by atoms with van der Waals surface area (Å²) in [4.78, 5) is 12.2. The standard InChI is InChI=1S/C14H26N2O/c1-13(2)8-5-11(6-9-13)16-12(17)14(3)7-4-10-15-14/h11,15H,4-10H2,1-3H3,(H,16,17). The van der Waals surface area contributed by atoms with Gasteiger partial charge in [-0.05, 0) is 57.4 Å². The second-order valence-electron chi connectivity index (χ2n) is 6.77. The van der Waals surface area contributed by atoms with Gasteiger partial charge in [-0.2, -0.15) is 0 Å². The van der Waals surface area contributed by atoms with Crippen LogP contribution in [0.3, 0.4) is 0 Å². The Morgan fingerprint density at radius 1 is 1.18 bits per heavy atom. The van der Waals surface area contributed by atoms with Crippen molar-refractivity contribution < 1.29 is 4.79 Å². The molecule has 0 aromatic heterocycles. The molecule has 0 aromatic rings. The lowest BCUT2D eigenvalue weighted by Crippen LogP contribution is -2.54. The average Bonchev–Trinajstić information content (AvgIpc) is 2.70. The van der Waals surface area contributed by atoms with E-state index in [9.17, 15) is 4.79 Å². The van der Waals surface area contributed by atoms with Crippen molar-refractivity contribution in [2.45, 2.75) is 70.9 Å². The summed E-state index contributed by atoms with van der Waals surface area (Å²) in [7, 11) is 0. The molecule has 3 heteroatoms. The Labute approximate surface area is 105 Å². The van der Waals surface area contributed by atoms with E-state index in [4.69, 9.17) is 0 Å². The first-order chi connectivity index (χ1) is 7.91. The molecule has 1 amide bonds. The largest absolute Gasteiger partial charge is 0.352 e. The molecule has 1 saturated carbocycles.